The second-order valence-corrected chi connectivity index (χ2v) is 5.90. The van der Waals surface area contributed by atoms with Gasteiger partial charge in [0.1, 0.15) is 12.1 Å². The molecule has 0 unspecified atom stereocenters. The van der Waals surface area contributed by atoms with E-state index in [9.17, 15) is 19.2 Å². The molecule has 0 bridgehead atoms. The van der Waals surface area contributed by atoms with Gasteiger partial charge in [-0.15, -0.1) is 0 Å². The monoisotopic (exact) mass is 322 g/mol. The summed E-state index contributed by atoms with van der Waals surface area (Å²) >= 11 is 0. The highest BCUT2D eigenvalue weighted by Gasteiger charge is 2.41. The molecule has 2 amide bonds. The molecule has 1 aromatic rings. The zero-order valence-corrected chi connectivity index (χ0v) is 12.5. The molecule has 2 fully saturated rings. The van der Waals surface area contributed by atoms with Gasteiger partial charge in [-0.25, -0.2) is 9.59 Å². The van der Waals surface area contributed by atoms with Crippen molar-refractivity contribution in [1.82, 2.24) is 19.8 Å². The van der Waals surface area contributed by atoms with Crippen molar-refractivity contribution >= 4 is 12.0 Å². The van der Waals surface area contributed by atoms with Crippen molar-refractivity contribution in [2.75, 3.05) is 19.6 Å². The van der Waals surface area contributed by atoms with Crippen LogP contribution in [-0.4, -0.2) is 51.7 Å². The van der Waals surface area contributed by atoms with Gasteiger partial charge in [-0.3, -0.25) is 19.1 Å². The summed E-state index contributed by atoms with van der Waals surface area (Å²) < 4.78 is 6.53. The Kier molecular flexibility index (Phi) is 3.93. The van der Waals surface area contributed by atoms with Crippen molar-refractivity contribution in [3.63, 3.8) is 0 Å². The number of nitrogens with one attached hydrogen (secondary N) is 2. The van der Waals surface area contributed by atoms with E-state index in [4.69, 9.17) is 4.74 Å². The third-order valence-corrected chi connectivity index (χ3v) is 4.32. The van der Waals surface area contributed by atoms with E-state index in [1.54, 1.807) is 4.90 Å². The molecule has 2 aliphatic heterocycles. The van der Waals surface area contributed by atoms with Crippen molar-refractivity contribution in [3.8, 4) is 0 Å². The lowest BCUT2D eigenvalue weighted by molar-refractivity contribution is -0.132. The molecular formula is C14H18N4O5. The van der Waals surface area contributed by atoms with Gasteiger partial charge in [-0.05, 0) is 12.8 Å². The van der Waals surface area contributed by atoms with Gasteiger partial charge >= 0.3 is 11.8 Å². The minimum absolute atomic E-state index is 0.124. The van der Waals surface area contributed by atoms with Crippen LogP contribution >= 0.6 is 0 Å². The van der Waals surface area contributed by atoms with Crippen LogP contribution in [0.25, 0.3) is 0 Å². The van der Waals surface area contributed by atoms with E-state index in [0.717, 1.165) is 6.42 Å². The van der Waals surface area contributed by atoms with E-state index >= 15 is 0 Å². The van der Waals surface area contributed by atoms with Gasteiger partial charge in [0.15, 0.2) is 0 Å². The molecule has 0 aromatic carbocycles. The first kappa shape index (κ1) is 15.3. The number of H-pyrrole nitrogens is 1. The Balaban J connectivity index is 1.65. The Morgan fingerprint density at radius 2 is 2.09 bits per heavy atom. The Labute approximate surface area is 131 Å². The zero-order chi connectivity index (χ0) is 16.4. The van der Waals surface area contributed by atoms with Gasteiger partial charge in [-0.2, -0.15) is 0 Å². The van der Waals surface area contributed by atoms with Gasteiger partial charge in [0.2, 0.25) is 5.91 Å². The number of hydrogen-bond acceptors (Lipinski definition) is 5. The minimum atomic E-state index is -0.605. The van der Waals surface area contributed by atoms with E-state index in [-0.39, 0.29) is 12.5 Å². The van der Waals surface area contributed by atoms with Crippen LogP contribution in [0.1, 0.15) is 19.3 Å². The molecule has 124 valence electrons. The van der Waals surface area contributed by atoms with E-state index in [0.29, 0.717) is 32.5 Å². The summed E-state index contributed by atoms with van der Waals surface area (Å²) in [6.45, 7) is 1.36. The van der Waals surface area contributed by atoms with Gasteiger partial charge in [0.25, 0.3) is 5.56 Å². The summed E-state index contributed by atoms with van der Waals surface area (Å²) in [6.07, 6.45) is 2.89. The highest BCUT2D eigenvalue weighted by Crippen LogP contribution is 2.29. The molecular weight excluding hydrogens is 304 g/mol. The lowest BCUT2D eigenvalue weighted by Gasteiger charge is -2.25. The number of aromatic nitrogens is 2. The molecule has 1 atom stereocenters. The SMILES string of the molecule is O=C1NC[C@]2(CCCN(C(=O)Cn3ccc(=O)[nH]c3=O)CC2)O1. The van der Waals surface area contributed by atoms with Crippen LogP contribution in [0.5, 0.6) is 0 Å². The molecule has 2 N–H and O–H groups in total. The van der Waals surface area contributed by atoms with Gasteiger partial charge in [-0.1, -0.05) is 0 Å². The number of nitrogens with zero attached hydrogens (tertiary/aromatic N) is 2. The number of rotatable bonds is 2. The zero-order valence-electron chi connectivity index (χ0n) is 12.5. The maximum atomic E-state index is 12.4. The lowest BCUT2D eigenvalue weighted by Crippen LogP contribution is -2.40. The number of carbonyl (C=O) groups excluding carboxylic acids is 2. The maximum absolute atomic E-state index is 12.4. The largest absolute Gasteiger partial charge is 0.441 e. The topological polar surface area (TPSA) is 113 Å². The smallest absolute Gasteiger partial charge is 0.407 e. The van der Waals surface area contributed by atoms with Crippen LogP contribution in [0, 0.1) is 0 Å². The summed E-state index contributed by atoms with van der Waals surface area (Å²) in [5.41, 5.74) is -1.63. The van der Waals surface area contributed by atoms with Crippen molar-refractivity contribution < 1.29 is 14.3 Å². The summed E-state index contributed by atoms with van der Waals surface area (Å²) in [5, 5.41) is 2.66. The van der Waals surface area contributed by atoms with Crippen LogP contribution in [0.4, 0.5) is 4.79 Å². The normalized spacial score (nSPS) is 24.2. The van der Waals surface area contributed by atoms with Gasteiger partial charge in [0.05, 0.1) is 6.54 Å². The fourth-order valence-electron chi connectivity index (χ4n) is 3.01. The fraction of sp³-hybridized carbons (Fsp3) is 0.571. The van der Waals surface area contributed by atoms with Crippen LogP contribution < -0.4 is 16.6 Å². The number of aromatic amines is 1. The summed E-state index contributed by atoms with van der Waals surface area (Å²) in [5.74, 6) is -0.200. The molecule has 3 rings (SSSR count). The van der Waals surface area contributed by atoms with Crippen LogP contribution in [-0.2, 0) is 16.1 Å². The van der Waals surface area contributed by atoms with Gasteiger partial charge < -0.3 is 15.0 Å². The summed E-state index contributed by atoms with van der Waals surface area (Å²) in [4.78, 5) is 50.1. The highest BCUT2D eigenvalue weighted by atomic mass is 16.6. The third kappa shape index (κ3) is 3.27. The molecule has 1 aromatic heterocycles. The quantitative estimate of drug-likeness (QED) is 0.727. The second-order valence-electron chi connectivity index (χ2n) is 5.90. The first-order valence-electron chi connectivity index (χ1n) is 7.52. The highest BCUT2D eigenvalue weighted by molar-refractivity contribution is 5.76. The number of ether oxygens (including phenoxy) is 1. The van der Waals surface area contributed by atoms with E-state index in [1.807, 2.05) is 0 Å². The Morgan fingerprint density at radius 1 is 1.26 bits per heavy atom. The molecule has 0 radical (unpaired) electrons. The van der Waals surface area contributed by atoms with Crippen LogP contribution in [0.2, 0.25) is 0 Å². The van der Waals surface area contributed by atoms with Crippen molar-refractivity contribution in [2.45, 2.75) is 31.4 Å². The maximum Gasteiger partial charge on any atom is 0.407 e. The number of hydrogen-bond donors (Lipinski definition) is 2. The predicted octanol–water partition coefficient (Wildman–Crippen LogP) is -0.972. The Hall–Kier alpha value is -2.58. The van der Waals surface area contributed by atoms with Crippen molar-refractivity contribution in [1.29, 1.82) is 0 Å². The minimum Gasteiger partial charge on any atom is -0.441 e. The molecule has 3 heterocycles. The molecule has 2 aliphatic rings. The Morgan fingerprint density at radius 3 is 2.78 bits per heavy atom. The molecule has 0 saturated carbocycles. The molecule has 2 saturated heterocycles. The average Bonchev–Trinajstić information content (AvgIpc) is 2.74. The average molecular weight is 322 g/mol. The lowest BCUT2D eigenvalue weighted by atomic mass is 9.95. The fourth-order valence-corrected chi connectivity index (χ4v) is 3.01. The van der Waals surface area contributed by atoms with Crippen LogP contribution in [0.15, 0.2) is 21.9 Å². The van der Waals surface area contributed by atoms with Crippen LogP contribution in [0.3, 0.4) is 0 Å². The Bertz CT molecular complexity index is 739. The molecule has 9 heteroatoms. The van der Waals surface area contributed by atoms with Crippen molar-refractivity contribution in [2.24, 2.45) is 0 Å². The van der Waals surface area contributed by atoms with E-state index < -0.39 is 22.9 Å². The molecule has 0 aliphatic carbocycles. The number of amides is 2. The standard InChI is InChI=1S/C14H18N4O5/c19-10-2-6-18(12(21)16-10)8-11(20)17-5-1-3-14(4-7-17)9-15-13(22)23-14/h2,6H,1,3-5,7-9H2,(H,15,22)(H,16,19,21)/t14-/m1/s1. The first-order valence-corrected chi connectivity index (χ1v) is 7.52. The second kappa shape index (κ2) is 5.90. The molecule has 23 heavy (non-hydrogen) atoms. The summed E-state index contributed by atoms with van der Waals surface area (Å²) in [6, 6.07) is 1.20. The third-order valence-electron chi connectivity index (χ3n) is 4.32. The van der Waals surface area contributed by atoms with Crippen molar-refractivity contribution in [3.05, 3.63) is 33.1 Å². The molecule has 1 spiro atoms. The van der Waals surface area contributed by atoms with Gasteiger partial charge in [0, 0.05) is 31.8 Å². The first-order chi connectivity index (χ1) is 11.0. The van der Waals surface area contributed by atoms with E-state index in [2.05, 4.69) is 10.3 Å². The number of likely N-dealkylation sites (tertiary alicyclic amines) is 1. The number of alkyl carbamates (subject to hydrolysis) is 1. The van der Waals surface area contributed by atoms with E-state index in [1.165, 1.54) is 16.8 Å². The summed E-state index contributed by atoms with van der Waals surface area (Å²) in [7, 11) is 0. The predicted molar refractivity (Wildman–Crippen MR) is 79.0 cm³/mol. The molecule has 9 nitrogen and oxygen atoms in total. The number of carbonyl (C=O) groups is 2.